The molecule has 2 atom stereocenters. The Morgan fingerprint density at radius 3 is 1.91 bits per heavy atom. The molecular weight excluding hydrogens is 270 g/mol. The number of hydrogen-bond acceptors (Lipinski definition) is 2. The van der Waals surface area contributed by atoms with E-state index in [1.807, 2.05) is 48.5 Å². The zero-order valence-electron chi connectivity index (χ0n) is 13.0. The summed E-state index contributed by atoms with van der Waals surface area (Å²) in [5, 5.41) is 14.6. The molecule has 2 aromatic carbocycles. The minimum absolute atomic E-state index is 0.0494. The van der Waals surface area contributed by atoms with Crippen LogP contribution in [-0.4, -0.2) is 11.1 Å². The summed E-state index contributed by atoms with van der Waals surface area (Å²) in [6.45, 7) is 0. The fourth-order valence-electron chi connectivity index (χ4n) is 3.40. The van der Waals surface area contributed by atoms with E-state index in [9.17, 15) is 5.11 Å². The van der Waals surface area contributed by atoms with Crippen molar-refractivity contribution in [3.05, 3.63) is 71.8 Å². The molecule has 0 spiro atoms. The lowest BCUT2D eigenvalue weighted by Crippen LogP contribution is -2.37. The third-order valence-corrected chi connectivity index (χ3v) is 4.64. The smallest absolute Gasteiger partial charge is 0.0984 e. The normalized spacial score (nSPS) is 18.8. The number of aliphatic hydroxyl groups is 1. The molecule has 0 aromatic heterocycles. The van der Waals surface area contributed by atoms with Gasteiger partial charge >= 0.3 is 0 Å². The average molecular weight is 295 g/mol. The summed E-state index contributed by atoms with van der Waals surface area (Å²) in [6, 6.07) is 20.8. The first-order valence-electron chi connectivity index (χ1n) is 8.38. The van der Waals surface area contributed by atoms with Gasteiger partial charge in [-0.15, -0.1) is 0 Å². The van der Waals surface area contributed by atoms with Crippen molar-refractivity contribution in [2.45, 2.75) is 50.3 Å². The van der Waals surface area contributed by atoms with Gasteiger partial charge in [0.05, 0.1) is 12.1 Å². The van der Waals surface area contributed by atoms with Crippen LogP contribution >= 0.6 is 0 Å². The quantitative estimate of drug-likeness (QED) is 0.857. The second-order valence-electron chi connectivity index (χ2n) is 6.25. The van der Waals surface area contributed by atoms with Gasteiger partial charge < -0.3 is 10.4 Å². The maximum atomic E-state index is 10.9. The predicted molar refractivity (Wildman–Crippen MR) is 90.6 cm³/mol. The molecule has 22 heavy (non-hydrogen) atoms. The highest BCUT2D eigenvalue weighted by Crippen LogP contribution is 2.31. The summed E-state index contributed by atoms with van der Waals surface area (Å²) in [5.41, 5.74) is 2.13. The van der Waals surface area contributed by atoms with Crippen LogP contribution in [0.1, 0.15) is 55.4 Å². The zero-order chi connectivity index (χ0) is 15.2. The molecule has 0 bridgehead atoms. The molecule has 116 valence electrons. The minimum Gasteiger partial charge on any atom is -0.386 e. The molecule has 0 radical (unpaired) electrons. The fourth-order valence-corrected chi connectivity index (χ4v) is 3.40. The summed E-state index contributed by atoms with van der Waals surface area (Å²) in [7, 11) is 0. The summed E-state index contributed by atoms with van der Waals surface area (Å²) < 4.78 is 0. The van der Waals surface area contributed by atoms with Crippen LogP contribution in [0, 0.1) is 0 Å². The molecule has 0 saturated heterocycles. The van der Waals surface area contributed by atoms with E-state index in [1.54, 1.807) is 0 Å². The van der Waals surface area contributed by atoms with Gasteiger partial charge in [-0.05, 0) is 24.0 Å². The third-order valence-electron chi connectivity index (χ3n) is 4.64. The Balaban J connectivity index is 1.82. The Morgan fingerprint density at radius 2 is 1.32 bits per heavy atom. The van der Waals surface area contributed by atoms with Crippen LogP contribution in [0.15, 0.2) is 60.7 Å². The van der Waals surface area contributed by atoms with Gasteiger partial charge in [0.15, 0.2) is 0 Å². The molecule has 2 N–H and O–H groups in total. The van der Waals surface area contributed by atoms with Crippen LogP contribution in [0.5, 0.6) is 0 Å². The van der Waals surface area contributed by atoms with Gasteiger partial charge in [-0.1, -0.05) is 79.9 Å². The third kappa shape index (κ3) is 3.76. The Labute approximate surface area is 133 Å². The van der Waals surface area contributed by atoms with Crippen molar-refractivity contribution in [1.29, 1.82) is 0 Å². The maximum absolute atomic E-state index is 10.9. The lowest BCUT2D eigenvalue weighted by atomic mass is 9.91. The highest BCUT2D eigenvalue weighted by atomic mass is 16.3. The van der Waals surface area contributed by atoms with Crippen LogP contribution in [0.2, 0.25) is 0 Å². The van der Waals surface area contributed by atoms with Crippen molar-refractivity contribution in [2.24, 2.45) is 0 Å². The molecule has 3 rings (SSSR count). The van der Waals surface area contributed by atoms with Crippen molar-refractivity contribution in [2.75, 3.05) is 0 Å². The van der Waals surface area contributed by atoms with Crippen molar-refractivity contribution in [3.63, 3.8) is 0 Å². The molecule has 2 heteroatoms. The van der Waals surface area contributed by atoms with Crippen LogP contribution < -0.4 is 5.32 Å². The van der Waals surface area contributed by atoms with Crippen LogP contribution in [0.4, 0.5) is 0 Å². The van der Waals surface area contributed by atoms with Gasteiger partial charge in [0, 0.05) is 6.04 Å². The molecule has 2 aromatic rings. The molecule has 1 aliphatic rings. The van der Waals surface area contributed by atoms with Crippen LogP contribution in [-0.2, 0) is 0 Å². The Hall–Kier alpha value is -1.64. The topological polar surface area (TPSA) is 32.3 Å². The van der Waals surface area contributed by atoms with E-state index >= 15 is 0 Å². The highest BCUT2D eigenvalue weighted by molar-refractivity contribution is 5.26. The Kier molecular flexibility index (Phi) is 5.25. The second-order valence-corrected chi connectivity index (χ2v) is 6.25. The van der Waals surface area contributed by atoms with E-state index < -0.39 is 6.10 Å². The summed E-state index contributed by atoms with van der Waals surface area (Å²) in [4.78, 5) is 0. The molecule has 1 saturated carbocycles. The van der Waals surface area contributed by atoms with Gasteiger partial charge in [0.2, 0.25) is 0 Å². The summed E-state index contributed by atoms with van der Waals surface area (Å²) in [5.74, 6) is 0. The Morgan fingerprint density at radius 1 is 0.773 bits per heavy atom. The lowest BCUT2D eigenvalue weighted by molar-refractivity contribution is 0.117. The molecular formula is C20H25NO. The van der Waals surface area contributed by atoms with Crippen LogP contribution in [0.25, 0.3) is 0 Å². The lowest BCUT2D eigenvalue weighted by Gasteiger charge is -2.32. The van der Waals surface area contributed by atoms with E-state index in [0.717, 1.165) is 11.1 Å². The second kappa shape index (κ2) is 7.57. The summed E-state index contributed by atoms with van der Waals surface area (Å²) in [6.07, 6.45) is 5.83. The van der Waals surface area contributed by atoms with Gasteiger partial charge in [-0.3, -0.25) is 0 Å². The van der Waals surface area contributed by atoms with Gasteiger partial charge in [-0.2, -0.15) is 0 Å². The Bertz CT molecular complexity index is 548. The first-order chi connectivity index (χ1) is 10.8. The molecule has 0 unspecified atom stereocenters. The van der Waals surface area contributed by atoms with Gasteiger partial charge in [0.1, 0.15) is 0 Å². The monoisotopic (exact) mass is 295 g/mol. The van der Waals surface area contributed by atoms with E-state index in [0.29, 0.717) is 6.04 Å². The molecule has 1 fully saturated rings. The number of hydrogen-bond donors (Lipinski definition) is 2. The summed E-state index contributed by atoms with van der Waals surface area (Å²) >= 11 is 0. The largest absolute Gasteiger partial charge is 0.386 e. The average Bonchev–Trinajstić information content (AvgIpc) is 2.61. The number of benzene rings is 2. The molecule has 2 nitrogen and oxygen atoms in total. The maximum Gasteiger partial charge on any atom is 0.0984 e. The minimum atomic E-state index is -0.523. The predicted octanol–water partition coefficient (Wildman–Crippen LogP) is 4.38. The first kappa shape index (κ1) is 15.3. The molecule has 1 aliphatic carbocycles. The number of nitrogens with one attached hydrogen (secondary N) is 1. The van der Waals surface area contributed by atoms with Gasteiger partial charge in [-0.25, -0.2) is 0 Å². The van der Waals surface area contributed by atoms with Crippen LogP contribution in [0.3, 0.4) is 0 Å². The molecule has 0 amide bonds. The SMILES string of the molecule is O[C@@H](c1ccccc1)[C@@H](NC1CCCCC1)c1ccccc1. The molecule has 0 aliphatic heterocycles. The number of rotatable bonds is 5. The van der Waals surface area contributed by atoms with E-state index in [4.69, 9.17) is 0 Å². The van der Waals surface area contributed by atoms with Gasteiger partial charge in [0.25, 0.3) is 0 Å². The van der Waals surface area contributed by atoms with E-state index in [-0.39, 0.29) is 6.04 Å². The van der Waals surface area contributed by atoms with Crippen molar-refractivity contribution >= 4 is 0 Å². The van der Waals surface area contributed by atoms with Crippen molar-refractivity contribution < 1.29 is 5.11 Å². The fraction of sp³-hybridized carbons (Fsp3) is 0.400. The van der Waals surface area contributed by atoms with Crippen molar-refractivity contribution in [1.82, 2.24) is 5.32 Å². The highest BCUT2D eigenvalue weighted by Gasteiger charge is 2.26. The zero-order valence-corrected chi connectivity index (χ0v) is 13.0. The molecule has 0 heterocycles. The van der Waals surface area contributed by atoms with E-state index in [1.165, 1.54) is 32.1 Å². The van der Waals surface area contributed by atoms with Crippen molar-refractivity contribution in [3.8, 4) is 0 Å². The first-order valence-corrected chi connectivity index (χ1v) is 8.38. The van der Waals surface area contributed by atoms with E-state index in [2.05, 4.69) is 17.4 Å². The number of aliphatic hydroxyl groups excluding tert-OH is 1. The standard InChI is InChI=1S/C20H25NO/c22-20(17-12-6-2-7-13-17)19(16-10-4-1-5-11-16)21-18-14-8-3-9-15-18/h1-2,4-7,10-13,18-22H,3,8-9,14-15H2/t19-,20-/m0/s1.